The van der Waals surface area contributed by atoms with Crippen LogP contribution in [0, 0.1) is 0 Å². The largest absolute Gasteiger partial charge is 0.481 e. The first-order chi connectivity index (χ1) is 8.38. The molecule has 0 heterocycles. The minimum absolute atomic E-state index is 0.0373. The number of carboxylic acids is 2. The number of hydrogen-bond acceptors (Lipinski definition) is 5. The number of amides is 1. The maximum absolute atomic E-state index is 11.5. The molecule has 0 aromatic rings. The van der Waals surface area contributed by atoms with E-state index >= 15 is 0 Å². The van der Waals surface area contributed by atoms with Crippen molar-refractivity contribution in [1.29, 1.82) is 0 Å². The second kappa shape index (κ2) is 8.43. The van der Waals surface area contributed by atoms with Gasteiger partial charge in [-0.3, -0.25) is 9.59 Å². The van der Waals surface area contributed by atoms with Gasteiger partial charge in [-0.05, 0) is 25.8 Å². The van der Waals surface area contributed by atoms with Gasteiger partial charge in [0.05, 0.1) is 6.04 Å². The number of hydrogen-bond donors (Lipinski definition) is 5. The third kappa shape index (κ3) is 6.81. The minimum Gasteiger partial charge on any atom is -0.481 e. The van der Waals surface area contributed by atoms with Gasteiger partial charge < -0.3 is 27.0 Å². The third-order valence-electron chi connectivity index (χ3n) is 2.32. The van der Waals surface area contributed by atoms with Crippen LogP contribution >= 0.6 is 0 Å². The number of nitrogens with one attached hydrogen (secondary N) is 1. The zero-order chi connectivity index (χ0) is 14.1. The molecule has 0 aromatic carbocycles. The van der Waals surface area contributed by atoms with Crippen LogP contribution in [0.3, 0.4) is 0 Å². The monoisotopic (exact) mass is 261 g/mol. The molecule has 0 aliphatic carbocycles. The first kappa shape index (κ1) is 16.3. The van der Waals surface area contributed by atoms with Crippen molar-refractivity contribution in [2.75, 3.05) is 6.54 Å². The van der Waals surface area contributed by atoms with Crippen molar-refractivity contribution in [2.45, 2.75) is 37.8 Å². The molecule has 104 valence electrons. The Labute approximate surface area is 104 Å². The fraction of sp³-hybridized carbons (Fsp3) is 0.700. The topological polar surface area (TPSA) is 156 Å². The van der Waals surface area contributed by atoms with Gasteiger partial charge >= 0.3 is 11.9 Å². The van der Waals surface area contributed by atoms with Gasteiger partial charge in [0.25, 0.3) is 0 Å². The first-order valence-electron chi connectivity index (χ1n) is 5.59. The molecule has 0 fully saturated rings. The van der Waals surface area contributed by atoms with Gasteiger partial charge in [0.1, 0.15) is 6.04 Å². The van der Waals surface area contributed by atoms with Gasteiger partial charge in [-0.2, -0.15) is 0 Å². The predicted molar refractivity (Wildman–Crippen MR) is 62.7 cm³/mol. The van der Waals surface area contributed by atoms with E-state index in [4.69, 9.17) is 21.7 Å². The van der Waals surface area contributed by atoms with Crippen molar-refractivity contribution in [1.82, 2.24) is 5.32 Å². The molecule has 7 N–H and O–H groups in total. The Morgan fingerprint density at radius 3 is 2.22 bits per heavy atom. The summed E-state index contributed by atoms with van der Waals surface area (Å²) in [5, 5.41) is 19.6. The van der Waals surface area contributed by atoms with E-state index in [0.717, 1.165) is 0 Å². The molecule has 0 aromatic heterocycles. The van der Waals surface area contributed by atoms with Gasteiger partial charge in [-0.25, -0.2) is 4.79 Å². The fourth-order valence-electron chi connectivity index (χ4n) is 1.27. The Balaban J connectivity index is 4.22. The number of aliphatic carboxylic acids is 2. The second-order valence-corrected chi connectivity index (χ2v) is 3.87. The number of carboxylic acid groups (broad SMARTS) is 2. The summed E-state index contributed by atoms with van der Waals surface area (Å²) in [5.41, 5.74) is 10.7. The quantitative estimate of drug-likeness (QED) is 0.337. The summed E-state index contributed by atoms with van der Waals surface area (Å²) in [4.78, 5) is 32.7. The maximum atomic E-state index is 11.5. The fourth-order valence-corrected chi connectivity index (χ4v) is 1.27. The number of nitrogens with two attached hydrogens (primary N) is 2. The lowest BCUT2D eigenvalue weighted by molar-refractivity contribution is -0.142. The van der Waals surface area contributed by atoms with E-state index in [-0.39, 0.29) is 19.3 Å². The Morgan fingerprint density at radius 1 is 1.17 bits per heavy atom. The number of rotatable bonds is 9. The molecule has 0 rings (SSSR count). The normalized spacial score (nSPS) is 13.7. The van der Waals surface area contributed by atoms with Crippen molar-refractivity contribution >= 4 is 17.8 Å². The Bertz CT molecular complexity index is 308. The van der Waals surface area contributed by atoms with Crippen LogP contribution in [0.25, 0.3) is 0 Å². The molecule has 0 aliphatic heterocycles. The highest BCUT2D eigenvalue weighted by Crippen LogP contribution is 2.00. The molecular weight excluding hydrogens is 242 g/mol. The van der Waals surface area contributed by atoms with Crippen LogP contribution in [-0.2, 0) is 14.4 Å². The van der Waals surface area contributed by atoms with Gasteiger partial charge in [0.15, 0.2) is 0 Å². The Kier molecular flexibility index (Phi) is 7.64. The molecule has 0 aliphatic rings. The summed E-state index contributed by atoms with van der Waals surface area (Å²) in [5.74, 6) is -2.89. The summed E-state index contributed by atoms with van der Waals surface area (Å²) in [6, 6.07) is -2.07. The van der Waals surface area contributed by atoms with E-state index < -0.39 is 29.9 Å². The predicted octanol–water partition coefficient (Wildman–Crippen LogP) is -1.51. The van der Waals surface area contributed by atoms with Gasteiger partial charge in [-0.15, -0.1) is 0 Å². The Morgan fingerprint density at radius 2 is 1.78 bits per heavy atom. The molecule has 0 spiro atoms. The highest BCUT2D eigenvalue weighted by molar-refractivity contribution is 5.87. The highest BCUT2D eigenvalue weighted by Gasteiger charge is 2.22. The molecule has 0 saturated carbocycles. The molecule has 0 radical (unpaired) electrons. The average molecular weight is 261 g/mol. The molecule has 0 saturated heterocycles. The van der Waals surface area contributed by atoms with Crippen LogP contribution < -0.4 is 16.8 Å². The maximum Gasteiger partial charge on any atom is 0.326 e. The second-order valence-electron chi connectivity index (χ2n) is 3.87. The number of carbonyl (C=O) groups is 3. The minimum atomic E-state index is -1.16. The standard InChI is InChI=1S/C10H19N3O5/c11-5-1-2-7(10(17)18)13-9(16)6(12)3-4-8(14)15/h6-7H,1-5,11-12H2,(H,13,16)(H,14,15)(H,17,18)/t6-,7-/m0/s1. The molecular formula is C10H19N3O5. The summed E-state index contributed by atoms with van der Waals surface area (Å²) >= 11 is 0. The molecule has 0 unspecified atom stereocenters. The average Bonchev–Trinajstić information content (AvgIpc) is 2.30. The smallest absolute Gasteiger partial charge is 0.326 e. The van der Waals surface area contributed by atoms with Crippen molar-refractivity contribution in [3.63, 3.8) is 0 Å². The van der Waals surface area contributed by atoms with Gasteiger partial charge in [-0.1, -0.05) is 0 Å². The highest BCUT2D eigenvalue weighted by atomic mass is 16.4. The van der Waals surface area contributed by atoms with E-state index in [9.17, 15) is 14.4 Å². The van der Waals surface area contributed by atoms with Crippen molar-refractivity contribution in [3.05, 3.63) is 0 Å². The lowest BCUT2D eigenvalue weighted by Crippen LogP contribution is -2.48. The molecule has 8 nitrogen and oxygen atoms in total. The Hall–Kier alpha value is -1.67. The molecule has 2 atom stereocenters. The zero-order valence-electron chi connectivity index (χ0n) is 9.96. The van der Waals surface area contributed by atoms with Crippen molar-refractivity contribution < 1.29 is 24.6 Å². The third-order valence-corrected chi connectivity index (χ3v) is 2.32. The van der Waals surface area contributed by atoms with Crippen LogP contribution in [0.2, 0.25) is 0 Å². The summed E-state index contributed by atoms with van der Waals surface area (Å²) < 4.78 is 0. The van der Waals surface area contributed by atoms with Crippen molar-refractivity contribution in [3.8, 4) is 0 Å². The van der Waals surface area contributed by atoms with Crippen LogP contribution in [0.4, 0.5) is 0 Å². The lowest BCUT2D eigenvalue weighted by atomic mass is 10.1. The van der Waals surface area contributed by atoms with Crippen molar-refractivity contribution in [2.24, 2.45) is 11.5 Å². The lowest BCUT2D eigenvalue weighted by Gasteiger charge is -2.17. The van der Waals surface area contributed by atoms with E-state index in [1.54, 1.807) is 0 Å². The summed E-state index contributed by atoms with van der Waals surface area (Å²) in [6.07, 6.45) is 0.393. The number of carbonyl (C=O) groups excluding carboxylic acids is 1. The van der Waals surface area contributed by atoms with Gasteiger partial charge in [0, 0.05) is 6.42 Å². The zero-order valence-corrected chi connectivity index (χ0v) is 9.96. The molecule has 8 heteroatoms. The molecule has 18 heavy (non-hydrogen) atoms. The first-order valence-corrected chi connectivity index (χ1v) is 5.59. The van der Waals surface area contributed by atoms with Gasteiger partial charge in [0.2, 0.25) is 5.91 Å². The van der Waals surface area contributed by atoms with E-state index in [1.165, 1.54) is 0 Å². The van der Waals surface area contributed by atoms with E-state index in [0.29, 0.717) is 13.0 Å². The van der Waals surface area contributed by atoms with E-state index in [2.05, 4.69) is 5.32 Å². The SMILES string of the molecule is NCCC[C@H](NC(=O)[C@@H](N)CCC(=O)O)C(=O)O. The van der Waals surface area contributed by atoms with Crippen LogP contribution in [0.1, 0.15) is 25.7 Å². The molecule has 1 amide bonds. The van der Waals surface area contributed by atoms with Crippen LogP contribution in [0.15, 0.2) is 0 Å². The summed E-state index contributed by atoms with van der Waals surface area (Å²) in [7, 11) is 0. The van der Waals surface area contributed by atoms with Crippen LogP contribution in [-0.4, -0.2) is 46.7 Å². The molecule has 0 bridgehead atoms. The van der Waals surface area contributed by atoms with Crippen LogP contribution in [0.5, 0.6) is 0 Å². The summed E-state index contributed by atoms with van der Waals surface area (Å²) in [6.45, 7) is 0.324. The van der Waals surface area contributed by atoms with E-state index in [1.807, 2.05) is 0 Å².